The largest absolute Gasteiger partial charge is 0.372 e. The smallest absolute Gasteiger partial charge is 0.0534 e. The van der Waals surface area contributed by atoms with Gasteiger partial charge in [0.2, 0.25) is 0 Å². The van der Waals surface area contributed by atoms with Crippen molar-refractivity contribution in [1.29, 1.82) is 0 Å². The predicted octanol–water partition coefficient (Wildman–Crippen LogP) is 8.01. The molecule has 0 saturated heterocycles. The Hall–Kier alpha value is -3.72. The Balaban J connectivity index is 1.64. The zero-order valence-electron chi connectivity index (χ0n) is 21.5. The quantitative estimate of drug-likeness (QED) is 0.236. The summed E-state index contributed by atoms with van der Waals surface area (Å²) in [5.41, 5.74) is 8.51. The van der Waals surface area contributed by atoms with Gasteiger partial charge in [0, 0.05) is 49.4 Å². The van der Waals surface area contributed by atoms with Gasteiger partial charge >= 0.3 is 0 Å². The van der Waals surface area contributed by atoms with Crippen LogP contribution in [0.5, 0.6) is 0 Å². The van der Waals surface area contributed by atoms with Crippen molar-refractivity contribution in [3.8, 4) is 16.9 Å². The average molecular weight is 464 g/mol. The van der Waals surface area contributed by atoms with Gasteiger partial charge in [-0.1, -0.05) is 54.6 Å². The third-order valence-electron chi connectivity index (χ3n) is 6.66. The molecule has 0 fully saturated rings. The highest BCUT2D eigenvalue weighted by Gasteiger charge is 2.10. The second-order valence-electron chi connectivity index (χ2n) is 8.68. The van der Waals surface area contributed by atoms with Crippen molar-refractivity contribution in [2.75, 3.05) is 36.0 Å². The second-order valence-corrected chi connectivity index (χ2v) is 8.68. The maximum absolute atomic E-state index is 2.37. The Kier molecular flexibility index (Phi) is 8.10. The van der Waals surface area contributed by atoms with Gasteiger partial charge in [-0.25, -0.2) is 0 Å². The van der Waals surface area contributed by atoms with Gasteiger partial charge in [-0.05, 0) is 86.8 Å². The van der Waals surface area contributed by atoms with Crippen LogP contribution >= 0.6 is 0 Å². The summed E-state index contributed by atoms with van der Waals surface area (Å²) < 4.78 is 2.29. The first kappa shape index (κ1) is 24.4. The molecule has 3 nitrogen and oxygen atoms in total. The van der Waals surface area contributed by atoms with Crippen LogP contribution in [0.15, 0.2) is 91.1 Å². The minimum absolute atomic E-state index is 1.01. The normalized spacial score (nSPS) is 11.2. The molecule has 0 spiro atoms. The van der Waals surface area contributed by atoms with Crippen LogP contribution in [-0.4, -0.2) is 30.7 Å². The molecule has 4 rings (SSSR count). The molecule has 180 valence electrons. The first-order valence-corrected chi connectivity index (χ1v) is 12.8. The van der Waals surface area contributed by atoms with Crippen molar-refractivity contribution in [1.82, 2.24) is 4.57 Å². The van der Waals surface area contributed by atoms with Gasteiger partial charge in [0.15, 0.2) is 0 Å². The van der Waals surface area contributed by atoms with Gasteiger partial charge in [0.25, 0.3) is 0 Å². The van der Waals surface area contributed by atoms with Crippen molar-refractivity contribution in [3.05, 3.63) is 102 Å². The molecule has 0 aliphatic heterocycles. The maximum atomic E-state index is 2.37. The maximum Gasteiger partial charge on any atom is 0.0534 e. The van der Waals surface area contributed by atoms with Crippen molar-refractivity contribution in [2.45, 2.75) is 27.7 Å². The Labute approximate surface area is 211 Å². The molecule has 3 heteroatoms. The lowest BCUT2D eigenvalue weighted by atomic mass is 10.1. The third-order valence-corrected chi connectivity index (χ3v) is 6.66. The highest BCUT2D eigenvalue weighted by atomic mass is 15.1. The lowest BCUT2D eigenvalue weighted by Crippen LogP contribution is -2.21. The summed E-state index contributed by atoms with van der Waals surface area (Å²) >= 11 is 0. The molecule has 0 aliphatic carbocycles. The van der Waals surface area contributed by atoms with Crippen LogP contribution in [-0.2, 0) is 0 Å². The van der Waals surface area contributed by atoms with E-state index in [2.05, 4.69) is 145 Å². The average Bonchev–Trinajstić information content (AvgIpc) is 3.35. The monoisotopic (exact) mass is 463 g/mol. The summed E-state index contributed by atoms with van der Waals surface area (Å²) in [4.78, 5) is 4.74. The molecule has 0 bridgehead atoms. The number of para-hydroxylation sites is 1. The highest BCUT2D eigenvalue weighted by Crippen LogP contribution is 2.29. The van der Waals surface area contributed by atoms with Crippen LogP contribution in [0, 0.1) is 0 Å². The van der Waals surface area contributed by atoms with Gasteiger partial charge in [0.05, 0.1) is 5.69 Å². The second kappa shape index (κ2) is 11.6. The van der Waals surface area contributed by atoms with E-state index in [1.807, 2.05) is 0 Å². The molecular weight excluding hydrogens is 426 g/mol. The van der Waals surface area contributed by atoms with Crippen molar-refractivity contribution in [2.24, 2.45) is 0 Å². The highest BCUT2D eigenvalue weighted by molar-refractivity contribution is 5.75. The standard InChI is InChI=1S/C32H37N3/c1-5-33(6-2)29-20-16-26(17-21-29)14-15-27-24-32(35(25-27)31-12-10-9-11-13-31)28-18-22-30(23-19-28)34(7-3)8-4/h9-25H,5-8H2,1-4H3. The van der Waals surface area contributed by atoms with Gasteiger partial charge in [-0.3, -0.25) is 0 Å². The molecule has 1 heterocycles. The summed E-state index contributed by atoms with van der Waals surface area (Å²) in [6.45, 7) is 12.9. The van der Waals surface area contributed by atoms with E-state index in [0.717, 1.165) is 26.2 Å². The lowest BCUT2D eigenvalue weighted by molar-refractivity contribution is 0.866. The van der Waals surface area contributed by atoms with Crippen LogP contribution < -0.4 is 9.80 Å². The Bertz CT molecular complexity index is 1210. The third kappa shape index (κ3) is 5.68. The summed E-state index contributed by atoms with van der Waals surface area (Å²) in [5, 5.41) is 0. The molecule has 0 saturated carbocycles. The number of anilines is 2. The first-order valence-electron chi connectivity index (χ1n) is 12.8. The predicted molar refractivity (Wildman–Crippen MR) is 154 cm³/mol. The van der Waals surface area contributed by atoms with E-state index in [0.29, 0.717) is 0 Å². The minimum atomic E-state index is 1.01. The number of benzene rings is 3. The summed E-state index contributed by atoms with van der Waals surface area (Å²) in [7, 11) is 0. The number of rotatable bonds is 10. The minimum Gasteiger partial charge on any atom is -0.372 e. The molecule has 0 aliphatic rings. The van der Waals surface area contributed by atoms with Crippen LogP contribution in [0.2, 0.25) is 0 Å². The van der Waals surface area contributed by atoms with E-state index in [4.69, 9.17) is 0 Å². The number of hydrogen-bond acceptors (Lipinski definition) is 2. The molecule has 0 unspecified atom stereocenters. The molecule has 4 aromatic rings. The zero-order chi connectivity index (χ0) is 24.6. The Morgan fingerprint density at radius 1 is 0.600 bits per heavy atom. The van der Waals surface area contributed by atoms with E-state index >= 15 is 0 Å². The molecule has 0 radical (unpaired) electrons. The van der Waals surface area contributed by atoms with E-state index in [-0.39, 0.29) is 0 Å². The summed E-state index contributed by atoms with van der Waals surface area (Å²) in [6.07, 6.45) is 6.63. The summed E-state index contributed by atoms with van der Waals surface area (Å²) in [5.74, 6) is 0. The van der Waals surface area contributed by atoms with Gasteiger partial charge < -0.3 is 14.4 Å². The zero-order valence-corrected chi connectivity index (χ0v) is 21.5. The fourth-order valence-electron chi connectivity index (χ4n) is 4.61. The van der Waals surface area contributed by atoms with Crippen molar-refractivity contribution >= 4 is 23.5 Å². The number of nitrogens with zero attached hydrogens (tertiary/aromatic N) is 3. The lowest BCUT2D eigenvalue weighted by Gasteiger charge is -2.21. The summed E-state index contributed by atoms with van der Waals surface area (Å²) in [6, 6.07) is 30.6. The van der Waals surface area contributed by atoms with Gasteiger partial charge in [0.1, 0.15) is 0 Å². The first-order chi connectivity index (χ1) is 17.2. The fourth-order valence-corrected chi connectivity index (χ4v) is 4.61. The van der Waals surface area contributed by atoms with E-state index < -0.39 is 0 Å². The van der Waals surface area contributed by atoms with Crippen LogP contribution in [0.25, 0.3) is 29.1 Å². The molecule has 3 aromatic carbocycles. The molecule has 35 heavy (non-hydrogen) atoms. The molecular formula is C32H37N3. The Morgan fingerprint density at radius 3 is 1.66 bits per heavy atom. The molecule has 1 aromatic heterocycles. The Morgan fingerprint density at radius 2 is 1.11 bits per heavy atom. The van der Waals surface area contributed by atoms with E-state index in [9.17, 15) is 0 Å². The van der Waals surface area contributed by atoms with Crippen molar-refractivity contribution < 1.29 is 0 Å². The van der Waals surface area contributed by atoms with Gasteiger partial charge in [-0.15, -0.1) is 0 Å². The fraction of sp³-hybridized carbons (Fsp3) is 0.250. The van der Waals surface area contributed by atoms with Crippen LogP contribution in [0.3, 0.4) is 0 Å². The van der Waals surface area contributed by atoms with Crippen LogP contribution in [0.4, 0.5) is 11.4 Å². The van der Waals surface area contributed by atoms with Gasteiger partial charge in [-0.2, -0.15) is 0 Å². The molecule has 0 atom stereocenters. The molecule has 0 N–H and O–H groups in total. The van der Waals surface area contributed by atoms with E-state index in [1.54, 1.807) is 0 Å². The number of hydrogen-bond donors (Lipinski definition) is 0. The van der Waals surface area contributed by atoms with Crippen molar-refractivity contribution in [3.63, 3.8) is 0 Å². The topological polar surface area (TPSA) is 11.4 Å². The number of aromatic nitrogens is 1. The molecule has 0 amide bonds. The SMILES string of the molecule is CCN(CC)c1ccc(C=Cc2cc(-c3ccc(N(CC)CC)cc3)n(-c3ccccc3)c2)cc1. The van der Waals surface area contributed by atoms with Crippen LogP contribution in [0.1, 0.15) is 38.8 Å². The van der Waals surface area contributed by atoms with E-state index in [1.165, 1.54) is 39.4 Å².